The first kappa shape index (κ1) is 18.3. The zero-order valence-electron chi connectivity index (χ0n) is 13.6. The SMILES string of the molecule is CCOc1cc(CC(C)N)cc(Br)c1OCC(CC)CC. The van der Waals surface area contributed by atoms with E-state index >= 15 is 0 Å². The summed E-state index contributed by atoms with van der Waals surface area (Å²) in [7, 11) is 0. The van der Waals surface area contributed by atoms with Gasteiger partial charge in [0.1, 0.15) is 0 Å². The fraction of sp³-hybridized carbons (Fsp3) is 0.647. The van der Waals surface area contributed by atoms with Crippen LogP contribution in [0.1, 0.15) is 46.1 Å². The van der Waals surface area contributed by atoms with E-state index in [1.807, 2.05) is 19.9 Å². The summed E-state index contributed by atoms with van der Waals surface area (Å²) in [5.74, 6) is 2.18. The van der Waals surface area contributed by atoms with Gasteiger partial charge in [-0.1, -0.05) is 26.7 Å². The second kappa shape index (κ2) is 9.31. The van der Waals surface area contributed by atoms with E-state index in [2.05, 4.69) is 35.8 Å². The van der Waals surface area contributed by atoms with Gasteiger partial charge in [-0.15, -0.1) is 0 Å². The number of rotatable bonds is 9. The van der Waals surface area contributed by atoms with Gasteiger partial charge in [0.15, 0.2) is 11.5 Å². The van der Waals surface area contributed by atoms with E-state index in [9.17, 15) is 0 Å². The summed E-state index contributed by atoms with van der Waals surface area (Å²) >= 11 is 3.61. The lowest BCUT2D eigenvalue weighted by Crippen LogP contribution is -2.18. The maximum Gasteiger partial charge on any atom is 0.175 e. The zero-order chi connectivity index (χ0) is 15.8. The van der Waals surface area contributed by atoms with Crippen molar-refractivity contribution in [3.05, 3.63) is 22.2 Å². The number of nitrogens with two attached hydrogens (primary N) is 1. The third kappa shape index (κ3) is 5.87. The lowest BCUT2D eigenvalue weighted by Gasteiger charge is -2.19. The topological polar surface area (TPSA) is 44.5 Å². The van der Waals surface area contributed by atoms with Crippen molar-refractivity contribution in [2.75, 3.05) is 13.2 Å². The summed E-state index contributed by atoms with van der Waals surface area (Å²) in [6.45, 7) is 9.72. The van der Waals surface area contributed by atoms with Gasteiger partial charge in [0, 0.05) is 6.04 Å². The number of hydrogen-bond donors (Lipinski definition) is 1. The summed E-state index contributed by atoms with van der Waals surface area (Å²) in [4.78, 5) is 0. The molecule has 4 heteroatoms. The van der Waals surface area contributed by atoms with Crippen molar-refractivity contribution >= 4 is 15.9 Å². The largest absolute Gasteiger partial charge is 0.490 e. The second-order valence-electron chi connectivity index (χ2n) is 5.51. The third-order valence-electron chi connectivity index (χ3n) is 3.54. The lowest BCUT2D eigenvalue weighted by molar-refractivity contribution is 0.224. The molecule has 0 saturated heterocycles. The van der Waals surface area contributed by atoms with Gasteiger partial charge >= 0.3 is 0 Å². The Morgan fingerprint density at radius 1 is 1.14 bits per heavy atom. The van der Waals surface area contributed by atoms with Crippen molar-refractivity contribution in [2.45, 2.75) is 53.0 Å². The molecule has 1 aromatic carbocycles. The normalized spacial score (nSPS) is 12.5. The number of halogens is 1. The molecule has 2 N–H and O–H groups in total. The molecule has 0 aliphatic carbocycles. The molecule has 21 heavy (non-hydrogen) atoms. The Kier molecular flexibility index (Phi) is 8.12. The fourth-order valence-electron chi connectivity index (χ4n) is 2.24. The highest BCUT2D eigenvalue weighted by molar-refractivity contribution is 9.10. The Balaban J connectivity index is 2.95. The predicted molar refractivity (Wildman–Crippen MR) is 92.2 cm³/mol. The highest BCUT2D eigenvalue weighted by Crippen LogP contribution is 2.37. The highest BCUT2D eigenvalue weighted by Gasteiger charge is 2.14. The Morgan fingerprint density at radius 2 is 1.81 bits per heavy atom. The molecule has 0 aromatic heterocycles. The van der Waals surface area contributed by atoms with E-state index in [1.54, 1.807) is 0 Å². The summed E-state index contributed by atoms with van der Waals surface area (Å²) in [6, 6.07) is 4.25. The molecule has 0 bridgehead atoms. The number of hydrogen-bond acceptors (Lipinski definition) is 3. The lowest BCUT2D eigenvalue weighted by atomic mass is 10.1. The first-order chi connectivity index (χ1) is 10.0. The van der Waals surface area contributed by atoms with Crippen molar-refractivity contribution in [2.24, 2.45) is 11.7 Å². The van der Waals surface area contributed by atoms with Crippen LogP contribution >= 0.6 is 15.9 Å². The van der Waals surface area contributed by atoms with E-state index in [0.29, 0.717) is 12.5 Å². The van der Waals surface area contributed by atoms with E-state index in [-0.39, 0.29) is 6.04 Å². The van der Waals surface area contributed by atoms with Crippen LogP contribution in [0.2, 0.25) is 0 Å². The van der Waals surface area contributed by atoms with Crippen LogP contribution in [0.5, 0.6) is 11.5 Å². The average molecular weight is 358 g/mol. The van der Waals surface area contributed by atoms with Gasteiger partial charge in [0.2, 0.25) is 0 Å². The van der Waals surface area contributed by atoms with Crippen molar-refractivity contribution < 1.29 is 9.47 Å². The van der Waals surface area contributed by atoms with Crippen molar-refractivity contribution in [3.63, 3.8) is 0 Å². The molecule has 0 radical (unpaired) electrons. The van der Waals surface area contributed by atoms with Gasteiger partial charge < -0.3 is 15.2 Å². The maximum absolute atomic E-state index is 6.02. The van der Waals surface area contributed by atoms with Crippen LogP contribution in [0.4, 0.5) is 0 Å². The number of benzene rings is 1. The molecular formula is C17H28BrNO2. The highest BCUT2D eigenvalue weighted by atomic mass is 79.9. The van der Waals surface area contributed by atoms with Crippen molar-refractivity contribution in [1.29, 1.82) is 0 Å². The van der Waals surface area contributed by atoms with E-state index in [4.69, 9.17) is 15.2 Å². The maximum atomic E-state index is 6.02. The molecule has 0 saturated carbocycles. The quantitative estimate of drug-likeness (QED) is 0.704. The van der Waals surface area contributed by atoms with E-state index in [1.165, 1.54) is 0 Å². The van der Waals surface area contributed by atoms with Gasteiger partial charge in [-0.3, -0.25) is 0 Å². The van der Waals surface area contributed by atoms with Gasteiger partial charge in [-0.2, -0.15) is 0 Å². The fourth-order valence-corrected chi connectivity index (χ4v) is 2.84. The van der Waals surface area contributed by atoms with Gasteiger partial charge in [0.25, 0.3) is 0 Å². The minimum atomic E-state index is 0.128. The molecule has 0 heterocycles. The van der Waals surface area contributed by atoms with Crippen LogP contribution in [0.3, 0.4) is 0 Å². The Bertz CT molecular complexity index is 431. The van der Waals surface area contributed by atoms with Crippen molar-refractivity contribution in [3.8, 4) is 11.5 Å². The first-order valence-electron chi connectivity index (χ1n) is 7.85. The molecular weight excluding hydrogens is 330 g/mol. The molecule has 3 nitrogen and oxygen atoms in total. The minimum absolute atomic E-state index is 0.128. The van der Waals surface area contributed by atoms with Crippen LogP contribution in [0, 0.1) is 5.92 Å². The summed E-state index contributed by atoms with van der Waals surface area (Å²) in [5, 5.41) is 0. The molecule has 0 amide bonds. The first-order valence-corrected chi connectivity index (χ1v) is 8.64. The zero-order valence-corrected chi connectivity index (χ0v) is 15.2. The summed E-state index contributed by atoms with van der Waals surface area (Å²) in [6.07, 6.45) is 3.08. The minimum Gasteiger partial charge on any atom is -0.490 e. The van der Waals surface area contributed by atoms with Crippen LogP contribution in [0.15, 0.2) is 16.6 Å². The van der Waals surface area contributed by atoms with Gasteiger partial charge in [-0.05, 0) is 59.8 Å². The van der Waals surface area contributed by atoms with Crippen LogP contribution in [-0.2, 0) is 6.42 Å². The Labute approximate surface area is 137 Å². The molecule has 0 spiro atoms. The molecule has 0 aliphatic heterocycles. The van der Waals surface area contributed by atoms with E-state index < -0.39 is 0 Å². The standard InChI is InChI=1S/C17H28BrNO2/c1-5-13(6-2)11-21-17-15(18)9-14(8-12(4)19)10-16(17)20-7-3/h9-10,12-13H,5-8,11,19H2,1-4H3. The van der Waals surface area contributed by atoms with Crippen LogP contribution < -0.4 is 15.2 Å². The van der Waals surface area contributed by atoms with Gasteiger partial charge in [-0.25, -0.2) is 0 Å². The summed E-state index contributed by atoms with van der Waals surface area (Å²) < 4.78 is 12.7. The van der Waals surface area contributed by atoms with Gasteiger partial charge in [0.05, 0.1) is 17.7 Å². The Morgan fingerprint density at radius 3 is 2.33 bits per heavy atom. The van der Waals surface area contributed by atoms with Crippen LogP contribution in [-0.4, -0.2) is 19.3 Å². The van der Waals surface area contributed by atoms with E-state index in [0.717, 1.165) is 47.4 Å². The van der Waals surface area contributed by atoms with Crippen molar-refractivity contribution in [1.82, 2.24) is 0 Å². The molecule has 120 valence electrons. The molecule has 0 aliphatic rings. The monoisotopic (exact) mass is 357 g/mol. The summed E-state index contributed by atoms with van der Waals surface area (Å²) in [5.41, 5.74) is 7.05. The smallest absolute Gasteiger partial charge is 0.175 e. The molecule has 1 atom stereocenters. The average Bonchev–Trinajstić information content (AvgIpc) is 2.41. The second-order valence-corrected chi connectivity index (χ2v) is 6.37. The predicted octanol–water partition coefficient (Wildman–Crippen LogP) is 4.55. The molecule has 0 fully saturated rings. The molecule has 1 aromatic rings. The molecule has 1 rings (SSSR count). The third-order valence-corrected chi connectivity index (χ3v) is 4.13. The van der Waals surface area contributed by atoms with Crippen LogP contribution in [0.25, 0.3) is 0 Å². The number of ether oxygens (including phenoxy) is 2. The molecule has 1 unspecified atom stereocenters. The Hall–Kier alpha value is -0.740.